The number of phosphoric acid groups is 1. The second-order valence-electron chi connectivity index (χ2n) is 11.5. The third-order valence-electron chi connectivity index (χ3n) is 7.29. The van der Waals surface area contributed by atoms with Gasteiger partial charge >= 0.3 is 13.8 Å². The molecule has 0 aliphatic carbocycles. The van der Waals surface area contributed by atoms with Crippen LogP contribution >= 0.6 is 7.82 Å². The SMILES string of the molecule is CCCCCCCCCCCCCCCC(=O)NCCOP(=O)(O)OCC(O)COC(=O)CCCCCCCCCC. The molecule has 3 N–H and O–H groups in total. The lowest BCUT2D eigenvalue weighted by Gasteiger charge is -2.15. The van der Waals surface area contributed by atoms with Crippen molar-refractivity contribution in [3.8, 4) is 0 Å². The van der Waals surface area contributed by atoms with Gasteiger partial charge < -0.3 is 20.1 Å². The van der Waals surface area contributed by atoms with Crippen LogP contribution in [0.25, 0.3) is 0 Å². The summed E-state index contributed by atoms with van der Waals surface area (Å²) in [5.41, 5.74) is 0. The molecule has 10 heteroatoms. The fourth-order valence-corrected chi connectivity index (χ4v) is 5.43. The number of hydrogen-bond acceptors (Lipinski definition) is 7. The van der Waals surface area contributed by atoms with Gasteiger partial charge in [-0.1, -0.05) is 136 Å². The number of carbonyl (C=O) groups is 2. The first-order valence-corrected chi connectivity index (χ1v) is 18.5. The van der Waals surface area contributed by atoms with E-state index in [-0.39, 0.29) is 32.1 Å². The van der Waals surface area contributed by atoms with E-state index in [9.17, 15) is 24.2 Å². The maximum Gasteiger partial charge on any atom is 0.472 e. The van der Waals surface area contributed by atoms with Gasteiger partial charge in [-0.15, -0.1) is 0 Å². The molecule has 0 spiro atoms. The molecule has 9 nitrogen and oxygen atoms in total. The molecule has 0 saturated carbocycles. The van der Waals surface area contributed by atoms with Crippen LogP contribution in [0.3, 0.4) is 0 Å². The Labute approximate surface area is 256 Å². The largest absolute Gasteiger partial charge is 0.472 e. The van der Waals surface area contributed by atoms with Crippen molar-refractivity contribution in [3.63, 3.8) is 0 Å². The standard InChI is InChI=1S/C32H64NO8P/c1-3-5-7-9-11-13-14-15-16-17-18-20-22-24-31(35)33-26-27-40-42(37,38)41-29-30(34)28-39-32(36)25-23-21-19-12-10-8-6-4-2/h30,34H,3-29H2,1-2H3,(H,33,35)(H,37,38). The minimum absolute atomic E-state index is 0.0874. The monoisotopic (exact) mass is 621 g/mol. The predicted octanol–water partition coefficient (Wildman–Crippen LogP) is 8.15. The highest BCUT2D eigenvalue weighted by Crippen LogP contribution is 2.42. The zero-order chi connectivity index (χ0) is 31.2. The molecule has 0 saturated heterocycles. The average Bonchev–Trinajstić information content (AvgIpc) is 2.97. The number of ether oxygens (including phenoxy) is 1. The van der Waals surface area contributed by atoms with Crippen molar-refractivity contribution in [2.75, 3.05) is 26.4 Å². The number of aliphatic hydroxyl groups excluding tert-OH is 1. The van der Waals surface area contributed by atoms with Crippen molar-refractivity contribution in [2.45, 2.75) is 168 Å². The summed E-state index contributed by atoms with van der Waals surface area (Å²) < 4.78 is 26.6. The van der Waals surface area contributed by atoms with E-state index in [0.717, 1.165) is 38.5 Å². The van der Waals surface area contributed by atoms with Gasteiger partial charge in [-0.2, -0.15) is 0 Å². The van der Waals surface area contributed by atoms with E-state index >= 15 is 0 Å². The summed E-state index contributed by atoms with van der Waals surface area (Å²) in [6.07, 6.45) is 24.7. The minimum Gasteiger partial charge on any atom is -0.463 e. The average molecular weight is 622 g/mol. The zero-order valence-corrected chi connectivity index (χ0v) is 27.9. The molecule has 1 amide bonds. The third-order valence-corrected chi connectivity index (χ3v) is 8.27. The minimum atomic E-state index is -4.39. The summed E-state index contributed by atoms with van der Waals surface area (Å²) >= 11 is 0. The molecule has 0 aliphatic heterocycles. The molecule has 0 heterocycles. The summed E-state index contributed by atoms with van der Waals surface area (Å²) in [7, 11) is -4.39. The first kappa shape index (κ1) is 41.0. The highest BCUT2D eigenvalue weighted by molar-refractivity contribution is 7.47. The normalized spacial score (nSPS) is 13.5. The maximum atomic E-state index is 12.0. The van der Waals surface area contributed by atoms with Crippen LogP contribution in [-0.4, -0.2) is 54.3 Å². The molecule has 0 bridgehead atoms. The molecule has 42 heavy (non-hydrogen) atoms. The Kier molecular flexibility index (Phi) is 29.3. The number of carbonyl (C=O) groups excluding carboxylic acids is 2. The fraction of sp³-hybridized carbons (Fsp3) is 0.938. The van der Waals surface area contributed by atoms with Gasteiger partial charge in [0, 0.05) is 19.4 Å². The number of hydrogen-bond donors (Lipinski definition) is 3. The first-order chi connectivity index (χ1) is 20.3. The van der Waals surface area contributed by atoms with Crippen molar-refractivity contribution in [1.82, 2.24) is 5.32 Å². The molecule has 250 valence electrons. The molecule has 0 aliphatic rings. The lowest BCUT2D eigenvalue weighted by atomic mass is 10.0. The molecule has 0 aromatic rings. The van der Waals surface area contributed by atoms with Crippen molar-refractivity contribution < 1.29 is 37.9 Å². The highest BCUT2D eigenvalue weighted by atomic mass is 31.2. The molecule has 0 fully saturated rings. The lowest BCUT2D eigenvalue weighted by Crippen LogP contribution is -2.27. The van der Waals surface area contributed by atoms with Crippen LogP contribution in [0.2, 0.25) is 0 Å². The van der Waals surface area contributed by atoms with Crippen LogP contribution in [0.5, 0.6) is 0 Å². The second-order valence-corrected chi connectivity index (χ2v) is 13.0. The molecule has 0 aromatic carbocycles. The van der Waals surface area contributed by atoms with Gasteiger partial charge in [-0.25, -0.2) is 4.57 Å². The van der Waals surface area contributed by atoms with Crippen LogP contribution < -0.4 is 5.32 Å². The Morgan fingerprint density at radius 2 is 1.07 bits per heavy atom. The van der Waals surface area contributed by atoms with Crippen LogP contribution in [0.1, 0.15) is 162 Å². The maximum absolute atomic E-state index is 12.0. The predicted molar refractivity (Wildman–Crippen MR) is 169 cm³/mol. The Hall–Kier alpha value is -0.990. The van der Waals surface area contributed by atoms with E-state index in [2.05, 4.69) is 19.2 Å². The Balaban J connectivity index is 3.62. The Morgan fingerprint density at radius 1 is 0.643 bits per heavy atom. The number of nitrogens with one attached hydrogen (secondary N) is 1. The number of rotatable bonds is 32. The van der Waals surface area contributed by atoms with Crippen LogP contribution in [0.4, 0.5) is 0 Å². The van der Waals surface area contributed by atoms with Crippen molar-refractivity contribution in [2.24, 2.45) is 0 Å². The summed E-state index contributed by atoms with van der Waals surface area (Å²) in [5, 5.41) is 12.6. The van der Waals surface area contributed by atoms with Crippen LogP contribution in [-0.2, 0) is 27.9 Å². The number of phosphoric ester groups is 1. The van der Waals surface area contributed by atoms with Gasteiger partial charge in [0.05, 0.1) is 13.2 Å². The molecule has 0 aromatic heterocycles. The van der Waals surface area contributed by atoms with Crippen LogP contribution in [0.15, 0.2) is 0 Å². The van der Waals surface area contributed by atoms with Gasteiger partial charge in [0.2, 0.25) is 5.91 Å². The Morgan fingerprint density at radius 3 is 1.55 bits per heavy atom. The molecular formula is C32H64NO8P. The van der Waals surface area contributed by atoms with Gasteiger partial charge in [-0.3, -0.25) is 18.6 Å². The second kappa shape index (κ2) is 30.1. The lowest BCUT2D eigenvalue weighted by molar-refractivity contribution is -0.147. The molecule has 2 unspecified atom stereocenters. The van der Waals surface area contributed by atoms with Crippen molar-refractivity contribution >= 4 is 19.7 Å². The molecule has 2 atom stereocenters. The summed E-state index contributed by atoms with van der Waals surface area (Å²) in [4.78, 5) is 33.5. The van der Waals surface area contributed by atoms with E-state index in [1.54, 1.807) is 0 Å². The zero-order valence-electron chi connectivity index (χ0n) is 27.0. The smallest absolute Gasteiger partial charge is 0.463 e. The van der Waals surface area contributed by atoms with Gasteiger partial charge in [-0.05, 0) is 12.8 Å². The van der Waals surface area contributed by atoms with Crippen molar-refractivity contribution in [1.29, 1.82) is 0 Å². The van der Waals surface area contributed by atoms with E-state index in [0.29, 0.717) is 6.42 Å². The van der Waals surface area contributed by atoms with Crippen LogP contribution in [0, 0.1) is 0 Å². The first-order valence-electron chi connectivity index (χ1n) is 17.0. The topological polar surface area (TPSA) is 131 Å². The van der Waals surface area contributed by atoms with E-state index in [4.69, 9.17) is 13.8 Å². The number of amides is 1. The Bertz CT molecular complexity index is 679. The number of esters is 1. The number of aliphatic hydroxyl groups is 1. The fourth-order valence-electron chi connectivity index (χ4n) is 4.67. The quantitative estimate of drug-likeness (QED) is 0.0390. The molecule has 0 radical (unpaired) electrons. The van der Waals surface area contributed by atoms with Gasteiger partial charge in [0.25, 0.3) is 0 Å². The van der Waals surface area contributed by atoms with E-state index in [1.807, 2.05) is 0 Å². The number of unbranched alkanes of at least 4 members (excludes halogenated alkanes) is 19. The molecule has 0 rings (SSSR count). The highest BCUT2D eigenvalue weighted by Gasteiger charge is 2.23. The summed E-state index contributed by atoms with van der Waals surface area (Å²) in [6.45, 7) is 3.51. The van der Waals surface area contributed by atoms with E-state index in [1.165, 1.54) is 96.3 Å². The molecular weight excluding hydrogens is 557 g/mol. The summed E-state index contributed by atoms with van der Waals surface area (Å²) in [5.74, 6) is -0.516. The van der Waals surface area contributed by atoms with Gasteiger partial charge in [0.15, 0.2) is 0 Å². The third kappa shape index (κ3) is 30.5. The van der Waals surface area contributed by atoms with Gasteiger partial charge in [0.1, 0.15) is 12.7 Å². The summed E-state index contributed by atoms with van der Waals surface area (Å²) in [6, 6.07) is 0. The van der Waals surface area contributed by atoms with Crippen molar-refractivity contribution in [3.05, 3.63) is 0 Å². The van der Waals surface area contributed by atoms with E-state index < -0.39 is 26.5 Å².